The summed E-state index contributed by atoms with van der Waals surface area (Å²) in [5.74, 6) is -0.348. The molecule has 1 fully saturated rings. The van der Waals surface area contributed by atoms with Gasteiger partial charge in [-0.15, -0.1) is 11.3 Å². The van der Waals surface area contributed by atoms with Crippen molar-refractivity contribution in [2.75, 3.05) is 39.8 Å². The topological polar surface area (TPSA) is 95.1 Å². The Hall–Kier alpha value is -1.79. The number of hydrogen-bond acceptors (Lipinski definition) is 6. The first kappa shape index (κ1) is 24.8. The molecule has 176 valence electrons. The molecule has 0 N–H and O–H groups in total. The van der Waals surface area contributed by atoms with Crippen molar-refractivity contribution in [3.63, 3.8) is 0 Å². The summed E-state index contributed by atoms with van der Waals surface area (Å²) in [6.07, 6.45) is 0. The summed E-state index contributed by atoms with van der Waals surface area (Å²) in [7, 11) is -6.04. The zero-order chi connectivity index (χ0) is 23.8. The summed E-state index contributed by atoms with van der Waals surface area (Å²) >= 11 is 1.44. The molecule has 0 bridgehead atoms. The van der Waals surface area contributed by atoms with Crippen molar-refractivity contribution in [1.29, 1.82) is 0 Å². The Labute approximate surface area is 194 Å². The van der Waals surface area contributed by atoms with Gasteiger partial charge in [0, 0.05) is 43.0 Å². The van der Waals surface area contributed by atoms with Gasteiger partial charge in [-0.05, 0) is 57.0 Å². The molecule has 1 aliphatic rings. The quantitative estimate of drug-likeness (QED) is 0.607. The van der Waals surface area contributed by atoms with Gasteiger partial charge in [-0.3, -0.25) is 4.79 Å². The number of likely N-dealkylation sites (N-methyl/N-ethyl adjacent to an activating group) is 1. The average Bonchev–Trinajstić information content (AvgIpc) is 3.08. The van der Waals surface area contributed by atoms with E-state index in [2.05, 4.69) is 0 Å². The highest BCUT2D eigenvalue weighted by atomic mass is 32.2. The van der Waals surface area contributed by atoms with E-state index in [-0.39, 0.29) is 43.5 Å². The molecule has 1 aliphatic heterocycles. The monoisotopic (exact) mass is 499 g/mol. The molecule has 0 aliphatic carbocycles. The number of rotatable bonds is 6. The highest BCUT2D eigenvalue weighted by Gasteiger charge is 2.33. The molecule has 2 aromatic rings. The standard InChI is InChI=1S/C21H29N3O5S3/c1-15-6-7-19(12-16(15)2)31(26,27)22(5)14-21(25)23-8-10-24(11-9-23)32(28,29)20-13-17(3)30-18(20)4/h6-7,12-13H,8-11,14H2,1-5H3. The van der Waals surface area contributed by atoms with Gasteiger partial charge >= 0.3 is 0 Å². The summed E-state index contributed by atoms with van der Waals surface area (Å²) in [4.78, 5) is 16.4. The second kappa shape index (κ2) is 9.22. The van der Waals surface area contributed by atoms with Crippen molar-refractivity contribution in [2.24, 2.45) is 0 Å². The first-order valence-corrected chi connectivity index (χ1v) is 13.9. The van der Waals surface area contributed by atoms with E-state index in [4.69, 9.17) is 0 Å². The molecule has 0 radical (unpaired) electrons. The molecular weight excluding hydrogens is 470 g/mol. The predicted molar refractivity (Wildman–Crippen MR) is 125 cm³/mol. The Bertz CT molecular complexity index is 1230. The van der Waals surface area contributed by atoms with E-state index in [0.717, 1.165) is 25.2 Å². The summed E-state index contributed by atoms with van der Waals surface area (Å²) in [5.41, 5.74) is 1.85. The lowest BCUT2D eigenvalue weighted by Gasteiger charge is -2.34. The SMILES string of the molecule is Cc1cc(S(=O)(=O)N2CCN(C(=O)CN(C)S(=O)(=O)c3ccc(C)c(C)c3)CC2)c(C)s1. The molecule has 1 amide bonds. The maximum absolute atomic E-state index is 13.0. The summed E-state index contributed by atoms with van der Waals surface area (Å²) in [5, 5.41) is 0. The highest BCUT2D eigenvalue weighted by molar-refractivity contribution is 7.89. The van der Waals surface area contributed by atoms with Gasteiger partial charge in [-0.1, -0.05) is 6.07 Å². The fourth-order valence-electron chi connectivity index (χ4n) is 3.61. The van der Waals surface area contributed by atoms with Crippen LogP contribution in [0.15, 0.2) is 34.1 Å². The van der Waals surface area contributed by atoms with Crippen LogP contribution in [0, 0.1) is 27.7 Å². The summed E-state index contributed by atoms with van der Waals surface area (Å²) in [6.45, 7) is 7.89. The third-order valence-electron chi connectivity index (χ3n) is 5.75. The molecule has 0 atom stereocenters. The lowest BCUT2D eigenvalue weighted by molar-refractivity contribution is -0.132. The summed E-state index contributed by atoms with van der Waals surface area (Å²) < 4.78 is 54.1. The number of benzene rings is 1. The maximum Gasteiger partial charge on any atom is 0.244 e. The average molecular weight is 500 g/mol. The van der Waals surface area contributed by atoms with Crippen molar-refractivity contribution in [3.8, 4) is 0 Å². The van der Waals surface area contributed by atoms with Gasteiger partial charge in [-0.2, -0.15) is 8.61 Å². The van der Waals surface area contributed by atoms with Crippen LogP contribution in [0.2, 0.25) is 0 Å². The van der Waals surface area contributed by atoms with Crippen LogP contribution in [0.3, 0.4) is 0 Å². The lowest BCUT2D eigenvalue weighted by Crippen LogP contribution is -2.52. The van der Waals surface area contributed by atoms with Crippen LogP contribution in [0.5, 0.6) is 0 Å². The van der Waals surface area contributed by atoms with Crippen molar-refractivity contribution >= 4 is 37.3 Å². The number of sulfonamides is 2. The van der Waals surface area contributed by atoms with E-state index in [1.54, 1.807) is 25.1 Å². The molecule has 1 aromatic heterocycles. The molecule has 2 heterocycles. The number of aryl methyl sites for hydroxylation is 4. The van der Waals surface area contributed by atoms with Gasteiger partial charge in [0.25, 0.3) is 0 Å². The van der Waals surface area contributed by atoms with Crippen LogP contribution in [-0.4, -0.2) is 76.0 Å². The normalized spacial score (nSPS) is 16.0. The van der Waals surface area contributed by atoms with Gasteiger partial charge in [0.2, 0.25) is 26.0 Å². The van der Waals surface area contributed by atoms with Crippen LogP contribution >= 0.6 is 11.3 Å². The zero-order valence-corrected chi connectivity index (χ0v) is 21.4. The molecule has 0 unspecified atom stereocenters. The number of hydrogen-bond donors (Lipinski definition) is 0. The van der Waals surface area contributed by atoms with Crippen molar-refractivity contribution in [3.05, 3.63) is 45.1 Å². The Morgan fingerprint density at radius 2 is 1.59 bits per heavy atom. The second-order valence-corrected chi connectivity index (χ2v) is 13.5. The minimum Gasteiger partial charge on any atom is -0.339 e. The number of amides is 1. The van der Waals surface area contributed by atoms with Crippen LogP contribution in [0.25, 0.3) is 0 Å². The number of carbonyl (C=O) groups is 1. The predicted octanol–water partition coefficient (Wildman–Crippen LogP) is 2.14. The minimum atomic E-state index is -3.80. The van der Waals surface area contributed by atoms with Crippen molar-refractivity contribution < 1.29 is 21.6 Å². The van der Waals surface area contributed by atoms with E-state index >= 15 is 0 Å². The molecule has 3 rings (SSSR count). The first-order chi connectivity index (χ1) is 14.8. The van der Waals surface area contributed by atoms with Crippen LogP contribution < -0.4 is 0 Å². The van der Waals surface area contributed by atoms with Crippen LogP contribution in [0.1, 0.15) is 20.9 Å². The van der Waals surface area contributed by atoms with Gasteiger partial charge in [0.1, 0.15) is 0 Å². The zero-order valence-electron chi connectivity index (χ0n) is 19.0. The largest absolute Gasteiger partial charge is 0.339 e. The minimum absolute atomic E-state index is 0.147. The van der Waals surface area contributed by atoms with E-state index in [0.29, 0.717) is 4.90 Å². The van der Waals surface area contributed by atoms with Crippen LogP contribution in [-0.2, 0) is 24.8 Å². The van der Waals surface area contributed by atoms with Gasteiger partial charge in [-0.25, -0.2) is 16.8 Å². The number of thiophene rings is 1. The maximum atomic E-state index is 13.0. The molecule has 1 saturated heterocycles. The van der Waals surface area contributed by atoms with Gasteiger partial charge < -0.3 is 4.90 Å². The van der Waals surface area contributed by atoms with Crippen LogP contribution in [0.4, 0.5) is 0 Å². The van der Waals surface area contributed by atoms with Gasteiger partial charge in [0.15, 0.2) is 0 Å². The molecule has 8 nitrogen and oxygen atoms in total. The van der Waals surface area contributed by atoms with E-state index in [1.807, 2.05) is 20.8 Å². The Morgan fingerprint density at radius 1 is 0.969 bits per heavy atom. The summed E-state index contributed by atoms with van der Waals surface area (Å²) in [6, 6.07) is 6.56. The van der Waals surface area contributed by atoms with E-state index in [9.17, 15) is 21.6 Å². The Morgan fingerprint density at radius 3 is 2.12 bits per heavy atom. The van der Waals surface area contributed by atoms with Crippen molar-refractivity contribution in [1.82, 2.24) is 13.5 Å². The molecular formula is C21H29N3O5S3. The molecule has 1 aromatic carbocycles. The number of piperazine rings is 1. The fourth-order valence-corrected chi connectivity index (χ4v) is 7.76. The lowest BCUT2D eigenvalue weighted by atomic mass is 10.1. The molecule has 0 spiro atoms. The third-order valence-corrected chi connectivity index (χ3v) is 10.7. The van der Waals surface area contributed by atoms with Crippen molar-refractivity contribution in [2.45, 2.75) is 37.5 Å². The van der Waals surface area contributed by atoms with E-state index in [1.165, 1.54) is 33.7 Å². The first-order valence-electron chi connectivity index (χ1n) is 10.2. The number of nitrogens with zero attached hydrogens (tertiary/aromatic N) is 3. The molecule has 11 heteroatoms. The second-order valence-electron chi connectivity index (χ2n) is 8.07. The smallest absolute Gasteiger partial charge is 0.244 e. The third kappa shape index (κ3) is 4.91. The molecule has 32 heavy (non-hydrogen) atoms. The van der Waals surface area contributed by atoms with Gasteiger partial charge in [0.05, 0.1) is 16.3 Å². The Kier molecular flexibility index (Phi) is 7.16. The fraction of sp³-hybridized carbons (Fsp3) is 0.476. The number of carbonyl (C=O) groups excluding carboxylic acids is 1. The van der Waals surface area contributed by atoms with E-state index < -0.39 is 20.0 Å². The Balaban J connectivity index is 1.64. The molecule has 0 saturated carbocycles. The highest BCUT2D eigenvalue weighted by Crippen LogP contribution is 2.28.